The van der Waals surface area contributed by atoms with Crippen molar-refractivity contribution in [1.82, 2.24) is 4.57 Å². The lowest BCUT2D eigenvalue weighted by atomic mass is 9.62. The molecule has 0 saturated heterocycles. The molecule has 2 aliphatic rings. The van der Waals surface area contributed by atoms with Gasteiger partial charge in [-0.15, -0.1) is 0 Å². The van der Waals surface area contributed by atoms with E-state index in [1.165, 1.54) is 60.4 Å². The molecule has 13 rings (SSSR count). The number of para-hydroxylation sites is 3. The van der Waals surface area contributed by atoms with Gasteiger partial charge in [-0.3, -0.25) is 0 Å². The van der Waals surface area contributed by atoms with E-state index in [2.05, 4.69) is 254 Å². The van der Waals surface area contributed by atoms with Crippen LogP contribution in [-0.2, 0) is 10.8 Å². The molecule has 308 valence electrons. The molecule has 1 aliphatic heterocycles. The van der Waals surface area contributed by atoms with Crippen molar-refractivity contribution in [2.24, 2.45) is 0 Å². The van der Waals surface area contributed by atoms with E-state index in [9.17, 15) is 0 Å². The Morgan fingerprint density at radius 2 is 0.954 bits per heavy atom. The largest absolute Gasteiger partial charge is 0.457 e. The molecule has 1 aromatic heterocycles. The van der Waals surface area contributed by atoms with Gasteiger partial charge in [-0.25, -0.2) is 0 Å². The van der Waals surface area contributed by atoms with Crippen molar-refractivity contribution in [3.8, 4) is 28.3 Å². The molecule has 11 aromatic rings. The highest BCUT2D eigenvalue weighted by Gasteiger charge is 2.46. The number of benzene rings is 10. The number of ether oxygens (including phenoxy) is 1. The van der Waals surface area contributed by atoms with Crippen LogP contribution in [0.5, 0.6) is 11.5 Å². The fourth-order valence-electron chi connectivity index (χ4n) is 11.4. The Kier molecular flexibility index (Phi) is 8.17. The molecule has 1 aliphatic carbocycles. The number of anilines is 3. The van der Waals surface area contributed by atoms with Gasteiger partial charge in [-0.1, -0.05) is 178 Å². The molecule has 0 saturated carbocycles. The van der Waals surface area contributed by atoms with Crippen LogP contribution in [0, 0.1) is 0 Å². The third kappa shape index (κ3) is 5.42. The van der Waals surface area contributed by atoms with Gasteiger partial charge in [0, 0.05) is 50.1 Å². The number of aromatic nitrogens is 1. The van der Waals surface area contributed by atoms with Crippen molar-refractivity contribution >= 4 is 49.6 Å². The lowest BCUT2D eigenvalue weighted by Crippen LogP contribution is -2.34. The maximum absolute atomic E-state index is 6.99. The molecule has 1 unspecified atom stereocenters. The molecular formula is C62H44N2O. The van der Waals surface area contributed by atoms with E-state index in [-0.39, 0.29) is 5.41 Å². The van der Waals surface area contributed by atoms with E-state index < -0.39 is 5.41 Å². The van der Waals surface area contributed by atoms with E-state index in [1.54, 1.807) is 0 Å². The Bertz CT molecular complexity index is 3670. The van der Waals surface area contributed by atoms with Crippen LogP contribution in [0.2, 0.25) is 0 Å². The Hall–Kier alpha value is -8.14. The van der Waals surface area contributed by atoms with Crippen LogP contribution in [-0.4, -0.2) is 4.57 Å². The highest BCUT2D eigenvalue weighted by Crippen LogP contribution is 2.58. The summed E-state index contributed by atoms with van der Waals surface area (Å²) >= 11 is 0. The van der Waals surface area contributed by atoms with Crippen molar-refractivity contribution in [3.63, 3.8) is 0 Å². The predicted molar refractivity (Wildman–Crippen MR) is 269 cm³/mol. The Morgan fingerprint density at radius 1 is 0.385 bits per heavy atom. The third-order valence-electron chi connectivity index (χ3n) is 14.3. The maximum Gasteiger partial charge on any atom is 0.132 e. The molecule has 0 radical (unpaired) electrons. The molecular weight excluding hydrogens is 789 g/mol. The fourth-order valence-corrected chi connectivity index (χ4v) is 11.4. The monoisotopic (exact) mass is 832 g/mol. The SMILES string of the molecule is CC1(C)c2ccccc2-c2ccc(N(c3ccc4c(c3)C(c3ccccc3)(c3cccc5ccccc35)c3ccccc3O4)c3ccc4c5ccccc5n(-c5ccccc5)c4c3)cc21. The second-order valence-corrected chi connectivity index (χ2v) is 18.0. The second-order valence-electron chi connectivity index (χ2n) is 18.0. The second kappa shape index (κ2) is 14.2. The zero-order valence-electron chi connectivity index (χ0n) is 36.2. The summed E-state index contributed by atoms with van der Waals surface area (Å²) < 4.78 is 9.40. The van der Waals surface area contributed by atoms with Crippen molar-refractivity contribution in [3.05, 3.63) is 264 Å². The first kappa shape index (κ1) is 37.4. The number of nitrogens with zero attached hydrogens (tertiary/aromatic N) is 2. The standard InChI is InChI=1S/C62H44N2O/c1-61(2)52-27-13-11-25-48(52)49-35-32-44(38-55(49)61)63(46-33-36-51-50-26-12-15-30-57(50)64(58(51)40-46)43-22-7-4-8-23-43)45-34-37-60-56(39-45)62(42-20-5-3-6-21-42,54-28-14-16-31-59(54)65-60)53-29-17-19-41-18-9-10-24-47(41)53/h3-40H,1-2H3. The van der Waals surface area contributed by atoms with Gasteiger partial charge in [0.2, 0.25) is 0 Å². The van der Waals surface area contributed by atoms with Gasteiger partial charge >= 0.3 is 0 Å². The van der Waals surface area contributed by atoms with Gasteiger partial charge in [-0.05, 0) is 111 Å². The number of rotatable bonds is 6. The quantitative estimate of drug-likeness (QED) is 0.166. The molecule has 2 heterocycles. The molecule has 0 bridgehead atoms. The molecule has 0 fully saturated rings. The number of fused-ring (bicyclic) bond motifs is 9. The molecule has 0 amide bonds. The summed E-state index contributed by atoms with van der Waals surface area (Å²) in [4.78, 5) is 2.46. The van der Waals surface area contributed by atoms with E-state index in [1.807, 2.05) is 0 Å². The van der Waals surface area contributed by atoms with E-state index in [0.717, 1.165) is 50.9 Å². The van der Waals surface area contributed by atoms with Crippen LogP contribution in [0.25, 0.3) is 49.4 Å². The minimum absolute atomic E-state index is 0.179. The van der Waals surface area contributed by atoms with Gasteiger partial charge in [0.25, 0.3) is 0 Å². The first-order valence-corrected chi connectivity index (χ1v) is 22.6. The van der Waals surface area contributed by atoms with Crippen LogP contribution >= 0.6 is 0 Å². The molecule has 10 aromatic carbocycles. The highest BCUT2D eigenvalue weighted by atomic mass is 16.5. The minimum atomic E-state index is -0.723. The minimum Gasteiger partial charge on any atom is -0.457 e. The van der Waals surface area contributed by atoms with E-state index >= 15 is 0 Å². The van der Waals surface area contributed by atoms with Gasteiger partial charge in [0.1, 0.15) is 11.5 Å². The molecule has 0 N–H and O–H groups in total. The van der Waals surface area contributed by atoms with E-state index in [0.29, 0.717) is 0 Å². The Morgan fingerprint density at radius 3 is 1.80 bits per heavy atom. The van der Waals surface area contributed by atoms with Crippen molar-refractivity contribution in [2.45, 2.75) is 24.7 Å². The molecule has 0 spiro atoms. The average molecular weight is 833 g/mol. The zero-order valence-corrected chi connectivity index (χ0v) is 36.2. The predicted octanol–water partition coefficient (Wildman–Crippen LogP) is 16.2. The van der Waals surface area contributed by atoms with Crippen molar-refractivity contribution in [1.29, 1.82) is 0 Å². The first-order valence-electron chi connectivity index (χ1n) is 22.6. The molecule has 65 heavy (non-hydrogen) atoms. The number of hydrogen-bond acceptors (Lipinski definition) is 2. The lowest BCUT2D eigenvalue weighted by Gasteiger charge is -2.42. The van der Waals surface area contributed by atoms with Crippen LogP contribution in [0.15, 0.2) is 231 Å². The average Bonchev–Trinajstić information content (AvgIpc) is 3.81. The summed E-state index contributed by atoms with van der Waals surface area (Å²) in [5, 5.41) is 4.86. The van der Waals surface area contributed by atoms with Crippen LogP contribution in [0.1, 0.15) is 47.2 Å². The van der Waals surface area contributed by atoms with Gasteiger partial charge < -0.3 is 14.2 Å². The van der Waals surface area contributed by atoms with Gasteiger partial charge in [-0.2, -0.15) is 0 Å². The molecule has 3 heteroatoms. The van der Waals surface area contributed by atoms with Gasteiger partial charge in [0.05, 0.1) is 16.4 Å². The van der Waals surface area contributed by atoms with E-state index in [4.69, 9.17) is 4.74 Å². The summed E-state index contributed by atoms with van der Waals surface area (Å²) in [7, 11) is 0. The van der Waals surface area contributed by atoms with Crippen LogP contribution in [0.3, 0.4) is 0 Å². The number of hydrogen-bond donors (Lipinski definition) is 0. The fraction of sp³-hybridized carbons (Fsp3) is 0.0645. The van der Waals surface area contributed by atoms with Crippen molar-refractivity contribution in [2.75, 3.05) is 4.90 Å². The summed E-state index contributed by atoms with van der Waals surface area (Å²) in [5.74, 6) is 1.70. The van der Waals surface area contributed by atoms with Crippen molar-refractivity contribution < 1.29 is 4.74 Å². The smallest absolute Gasteiger partial charge is 0.132 e. The third-order valence-corrected chi connectivity index (χ3v) is 14.3. The summed E-state index contributed by atoms with van der Waals surface area (Å²) in [6.07, 6.45) is 0. The van der Waals surface area contributed by atoms with Crippen LogP contribution in [0.4, 0.5) is 17.1 Å². The maximum atomic E-state index is 6.99. The zero-order chi connectivity index (χ0) is 43.3. The molecule has 3 nitrogen and oxygen atoms in total. The summed E-state index contributed by atoms with van der Waals surface area (Å²) in [6, 6.07) is 84.5. The normalized spacial score (nSPS) is 15.5. The first-order chi connectivity index (χ1) is 32.0. The molecule has 1 atom stereocenters. The lowest BCUT2D eigenvalue weighted by molar-refractivity contribution is 0.435. The topological polar surface area (TPSA) is 17.4 Å². The Balaban J connectivity index is 1.11. The highest BCUT2D eigenvalue weighted by molar-refractivity contribution is 6.10. The summed E-state index contributed by atoms with van der Waals surface area (Å²) in [5.41, 5.74) is 15.7. The van der Waals surface area contributed by atoms with Gasteiger partial charge in [0.15, 0.2) is 0 Å². The Labute approximate surface area is 379 Å². The summed E-state index contributed by atoms with van der Waals surface area (Å²) in [6.45, 7) is 4.73. The van der Waals surface area contributed by atoms with Crippen LogP contribution < -0.4 is 9.64 Å².